The second-order valence-corrected chi connectivity index (χ2v) is 6.46. The lowest BCUT2D eigenvalue weighted by Gasteiger charge is -2.14. The van der Waals surface area contributed by atoms with Gasteiger partial charge < -0.3 is 0 Å². The van der Waals surface area contributed by atoms with E-state index in [1.54, 1.807) is 23.2 Å². The summed E-state index contributed by atoms with van der Waals surface area (Å²) in [6, 6.07) is -0.00860. The summed E-state index contributed by atoms with van der Waals surface area (Å²) in [5.74, 6) is 1.24. The second-order valence-electron chi connectivity index (χ2n) is 6.46. The van der Waals surface area contributed by atoms with Crippen molar-refractivity contribution in [3.8, 4) is 11.4 Å². The van der Waals surface area contributed by atoms with Gasteiger partial charge in [0, 0.05) is 31.2 Å². The van der Waals surface area contributed by atoms with Crippen LogP contribution < -0.4 is 5.56 Å². The molecule has 0 N–H and O–H groups in total. The highest BCUT2D eigenvalue weighted by atomic mass is 16.1. The summed E-state index contributed by atoms with van der Waals surface area (Å²) in [4.78, 5) is 16.8. The summed E-state index contributed by atoms with van der Waals surface area (Å²) < 4.78 is 5.11. The number of aryl methyl sites for hydroxylation is 1. The van der Waals surface area contributed by atoms with Gasteiger partial charge in [0.1, 0.15) is 0 Å². The van der Waals surface area contributed by atoms with Crippen LogP contribution in [0.25, 0.3) is 17.0 Å². The molecular formula is C16H22N6O. The highest BCUT2D eigenvalue weighted by Crippen LogP contribution is 2.18. The van der Waals surface area contributed by atoms with Gasteiger partial charge in [-0.25, -0.2) is 9.50 Å². The fourth-order valence-corrected chi connectivity index (χ4v) is 2.55. The first-order valence-electron chi connectivity index (χ1n) is 7.96. The topological polar surface area (TPSA) is 70.0 Å². The van der Waals surface area contributed by atoms with Crippen molar-refractivity contribution >= 4 is 5.65 Å². The largest absolute Gasteiger partial charge is 0.297 e. The Morgan fingerprint density at radius 1 is 1.22 bits per heavy atom. The maximum atomic E-state index is 12.7. The van der Waals surface area contributed by atoms with Gasteiger partial charge in [0.05, 0.1) is 11.8 Å². The molecule has 3 aromatic heterocycles. The molecule has 0 aliphatic carbocycles. The number of hydrogen-bond donors (Lipinski definition) is 0. The zero-order valence-electron chi connectivity index (χ0n) is 14.0. The highest BCUT2D eigenvalue weighted by molar-refractivity contribution is 5.54. The van der Waals surface area contributed by atoms with Crippen LogP contribution in [0.4, 0.5) is 0 Å². The molecule has 0 spiro atoms. The number of imidazole rings is 1. The van der Waals surface area contributed by atoms with Crippen LogP contribution in [0.5, 0.6) is 0 Å². The molecule has 0 unspecified atom stereocenters. The van der Waals surface area contributed by atoms with Crippen molar-refractivity contribution in [1.29, 1.82) is 0 Å². The van der Waals surface area contributed by atoms with E-state index in [2.05, 4.69) is 29.0 Å². The van der Waals surface area contributed by atoms with Gasteiger partial charge in [-0.05, 0) is 26.2 Å². The highest BCUT2D eigenvalue weighted by Gasteiger charge is 2.17. The predicted molar refractivity (Wildman–Crippen MR) is 88.3 cm³/mol. The van der Waals surface area contributed by atoms with Crippen LogP contribution in [0, 0.1) is 5.92 Å². The van der Waals surface area contributed by atoms with E-state index >= 15 is 0 Å². The van der Waals surface area contributed by atoms with E-state index in [0.717, 1.165) is 18.5 Å². The van der Waals surface area contributed by atoms with E-state index in [1.165, 1.54) is 4.52 Å². The van der Waals surface area contributed by atoms with Crippen LogP contribution >= 0.6 is 0 Å². The third-order valence-electron chi connectivity index (χ3n) is 3.81. The summed E-state index contributed by atoms with van der Waals surface area (Å²) in [5.41, 5.74) is 1.05. The van der Waals surface area contributed by atoms with E-state index < -0.39 is 0 Å². The summed E-state index contributed by atoms with van der Waals surface area (Å²) in [6.45, 7) is 9.17. The Bertz CT molecular complexity index is 870. The summed E-state index contributed by atoms with van der Waals surface area (Å²) >= 11 is 0. The Labute approximate surface area is 134 Å². The molecule has 0 saturated carbocycles. The van der Waals surface area contributed by atoms with Gasteiger partial charge in [-0.15, -0.1) is 5.10 Å². The first kappa shape index (κ1) is 15.5. The van der Waals surface area contributed by atoms with E-state index in [0.29, 0.717) is 17.4 Å². The van der Waals surface area contributed by atoms with E-state index in [1.807, 2.05) is 24.7 Å². The molecule has 23 heavy (non-hydrogen) atoms. The number of rotatable bonds is 5. The van der Waals surface area contributed by atoms with Gasteiger partial charge in [0.25, 0.3) is 5.56 Å². The Morgan fingerprint density at radius 3 is 2.70 bits per heavy atom. The standard InChI is InChI=1S/C16H22N6O/c1-11(2)5-7-20-10-13(9-18-20)14-19-21-8-6-17-15(21)16(23)22(14)12(3)4/h6,8-12H,5,7H2,1-4H3. The van der Waals surface area contributed by atoms with Crippen LogP contribution in [0.15, 0.2) is 29.6 Å². The second kappa shape index (κ2) is 5.98. The molecule has 0 atom stereocenters. The molecule has 0 radical (unpaired) electrons. The quantitative estimate of drug-likeness (QED) is 0.725. The maximum absolute atomic E-state index is 12.7. The van der Waals surface area contributed by atoms with E-state index in [-0.39, 0.29) is 11.6 Å². The number of aromatic nitrogens is 6. The monoisotopic (exact) mass is 314 g/mol. The van der Waals surface area contributed by atoms with Crippen molar-refractivity contribution in [2.75, 3.05) is 0 Å². The van der Waals surface area contributed by atoms with Crippen LogP contribution in [0.1, 0.15) is 40.2 Å². The molecule has 3 rings (SSSR count). The SMILES string of the molecule is CC(C)CCn1cc(-c2nn3ccnc3c(=O)n2C(C)C)cn1. The average molecular weight is 314 g/mol. The molecule has 122 valence electrons. The van der Waals surface area contributed by atoms with Crippen LogP contribution in [-0.2, 0) is 6.54 Å². The summed E-state index contributed by atoms with van der Waals surface area (Å²) in [6.07, 6.45) is 8.06. The molecule has 7 heteroatoms. The molecule has 0 fully saturated rings. The molecule has 0 saturated heterocycles. The lowest BCUT2D eigenvalue weighted by Crippen LogP contribution is -2.27. The third kappa shape index (κ3) is 2.91. The molecule has 0 amide bonds. The zero-order valence-corrected chi connectivity index (χ0v) is 14.0. The van der Waals surface area contributed by atoms with Gasteiger partial charge in [-0.1, -0.05) is 13.8 Å². The lowest BCUT2D eigenvalue weighted by molar-refractivity contribution is 0.487. The van der Waals surface area contributed by atoms with Crippen molar-refractivity contribution < 1.29 is 0 Å². The minimum absolute atomic E-state index is 0.00860. The number of fused-ring (bicyclic) bond motifs is 1. The zero-order chi connectivity index (χ0) is 16.6. The fourth-order valence-electron chi connectivity index (χ4n) is 2.55. The molecule has 0 bridgehead atoms. The molecule has 7 nitrogen and oxygen atoms in total. The molecule has 0 aromatic carbocycles. The Hall–Kier alpha value is -2.44. The number of nitrogens with zero attached hydrogens (tertiary/aromatic N) is 6. The summed E-state index contributed by atoms with van der Waals surface area (Å²) in [7, 11) is 0. The minimum atomic E-state index is -0.134. The van der Waals surface area contributed by atoms with Gasteiger partial charge in [-0.2, -0.15) is 5.10 Å². The van der Waals surface area contributed by atoms with Gasteiger partial charge in [0.2, 0.25) is 5.65 Å². The normalized spacial score (nSPS) is 11.9. The van der Waals surface area contributed by atoms with E-state index in [4.69, 9.17) is 0 Å². The lowest BCUT2D eigenvalue weighted by atomic mass is 10.1. The third-order valence-corrected chi connectivity index (χ3v) is 3.81. The van der Waals surface area contributed by atoms with Crippen molar-refractivity contribution in [3.05, 3.63) is 35.1 Å². The first-order valence-corrected chi connectivity index (χ1v) is 7.96. The summed E-state index contributed by atoms with van der Waals surface area (Å²) in [5, 5.41) is 8.96. The van der Waals surface area contributed by atoms with Crippen molar-refractivity contribution in [1.82, 2.24) is 28.9 Å². The molecule has 3 aromatic rings. The first-order chi connectivity index (χ1) is 11.0. The van der Waals surface area contributed by atoms with Crippen molar-refractivity contribution in [3.63, 3.8) is 0 Å². The Morgan fingerprint density at radius 2 is 2.00 bits per heavy atom. The molecule has 0 aliphatic rings. The predicted octanol–water partition coefficient (Wildman–Crippen LogP) is 2.38. The van der Waals surface area contributed by atoms with Crippen LogP contribution in [0.2, 0.25) is 0 Å². The molecule has 0 aliphatic heterocycles. The van der Waals surface area contributed by atoms with Gasteiger partial charge in [0.15, 0.2) is 5.82 Å². The Kier molecular flexibility index (Phi) is 4.02. The average Bonchev–Trinajstić information content (AvgIpc) is 3.13. The van der Waals surface area contributed by atoms with Crippen LogP contribution in [0.3, 0.4) is 0 Å². The smallest absolute Gasteiger partial charge is 0.285 e. The van der Waals surface area contributed by atoms with E-state index in [9.17, 15) is 4.79 Å². The van der Waals surface area contributed by atoms with Crippen LogP contribution in [-0.4, -0.2) is 28.9 Å². The van der Waals surface area contributed by atoms with Crippen molar-refractivity contribution in [2.45, 2.75) is 46.7 Å². The number of hydrogen-bond acceptors (Lipinski definition) is 4. The maximum Gasteiger partial charge on any atom is 0.297 e. The van der Waals surface area contributed by atoms with Gasteiger partial charge in [-0.3, -0.25) is 14.0 Å². The van der Waals surface area contributed by atoms with Gasteiger partial charge >= 0.3 is 0 Å². The van der Waals surface area contributed by atoms with Crippen molar-refractivity contribution in [2.24, 2.45) is 5.92 Å². The fraction of sp³-hybridized carbons (Fsp3) is 0.500. The minimum Gasteiger partial charge on any atom is -0.285 e. The molecule has 3 heterocycles. The molecular weight excluding hydrogens is 292 g/mol. The Balaban J connectivity index is 2.08.